The van der Waals surface area contributed by atoms with Crippen molar-refractivity contribution in [1.29, 1.82) is 0 Å². The monoisotopic (exact) mass is 299 g/mol. The van der Waals surface area contributed by atoms with E-state index in [1.54, 1.807) is 51.6 Å². The number of guanidine groups is 1. The molecule has 0 unspecified atom stereocenters. The standard InChI is InChI=1S/C13H17N9/c1-2-3-17-13(18-19-7-4-14-10-19)22(20-8-5-15-11-20)21-9-6-16-12-21/h4-12H,2-3H2,1H3,(H,17,18). The lowest BCUT2D eigenvalue weighted by Crippen LogP contribution is -2.49. The molecule has 3 heterocycles. The van der Waals surface area contributed by atoms with Gasteiger partial charge < -0.3 is 0 Å². The number of aliphatic imine (C=N–C) groups is 1. The van der Waals surface area contributed by atoms with E-state index in [0.717, 1.165) is 6.42 Å². The van der Waals surface area contributed by atoms with E-state index in [4.69, 9.17) is 0 Å². The molecule has 9 heteroatoms. The maximum atomic E-state index is 4.62. The zero-order chi connectivity index (χ0) is 15.2. The second-order valence-corrected chi connectivity index (χ2v) is 4.46. The van der Waals surface area contributed by atoms with Crippen molar-refractivity contribution in [2.24, 2.45) is 4.99 Å². The van der Waals surface area contributed by atoms with Crippen LogP contribution >= 0.6 is 0 Å². The lowest BCUT2D eigenvalue weighted by Gasteiger charge is -2.27. The summed E-state index contributed by atoms with van der Waals surface area (Å²) in [6.45, 7) is 2.77. The van der Waals surface area contributed by atoms with Crippen LogP contribution < -0.4 is 10.5 Å². The van der Waals surface area contributed by atoms with E-state index in [0.29, 0.717) is 12.5 Å². The predicted molar refractivity (Wildman–Crippen MR) is 82.2 cm³/mol. The van der Waals surface area contributed by atoms with E-state index >= 15 is 0 Å². The van der Waals surface area contributed by atoms with Crippen LogP contribution in [0.15, 0.2) is 61.2 Å². The van der Waals surface area contributed by atoms with Crippen molar-refractivity contribution in [3.8, 4) is 0 Å². The molecule has 3 rings (SSSR count). The molecule has 0 saturated heterocycles. The highest BCUT2D eigenvalue weighted by Crippen LogP contribution is 1.99. The van der Waals surface area contributed by atoms with Gasteiger partial charge in [-0.15, -0.1) is 5.12 Å². The van der Waals surface area contributed by atoms with Crippen LogP contribution in [0, 0.1) is 0 Å². The van der Waals surface area contributed by atoms with Crippen molar-refractivity contribution in [3.63, 3.8) is 0 Å². The van der Waals surface area contributed by atoms with Crippen molar-refractivity contribution in [3.05, 3.63) is 56.2 Å². The van der Waals surface area contributed by atoms with Crippen LogP contribution in [0.2, 0.25) is 0 Å². The van der Waals surface area contributed by atoms with Crippen molar-refractivity contribution in [2.75, 3.05) is 17.1 Å². The predicted octanol–water partition coefficient (Wildman–Crippen LogP) is 0.687. The van der Waals surface area contributed by atoms with Crippen LogP contribution in [0.25, 0.3) is 0 Å². The number of hydrogen-bond donors (Lipinski definition) is 1. The second kappa shape index (κ2) is 6.57. The Morgan fingerprint density at radius 1 is 1.00 bits per heavy atom. The third kappa shape index (κ3) is 2.97. The SMILES string of the molecule is CCCN=C(Nn1ccnc1)N(n1ccnc1)n1ccnc1. The van der Waals surface area contributed by atoms with Gasteiger partial charge in [-0.25, -0.2) is 34.0 Å². The summed E-state index contributed by atoms with van der Waals surface area (Å²) in [5.41, 5.74) is 3.20. The molecule has 0 aromatic carbocycles. The number of aromatic nitrogens is 6. The van der Waals surface area contributed by atoms with Crippen molar-refractivity contribution >= 4 is 5.96 Å². The van der Waals surface area contributed by atoms with Gasteiger partial charge in [-0.2, -0.15) is 0 Å². The minimum atomic E-state index is 0.621. The fraction of sp³-hybridized carbons (Fsp3) is 0.231. The van der Waals surface area contributed by atoms with Crippen LogP contribution in [0.4, 0.5) is 0 Å². The molecule has 0 radical (unpaired) electrons. The minimum absolute atomic E-state index is 0.621. The Labute approximate surface area is 127 Å². The Hall–Kier alpha value is -3.10. The third-order valence-corrected chi connectivity index (χ3v) is 2.83. The highest BCUT2D eigenvalue weighted by molar-refractivity contribution is 5.95. The molecule has 0 amide bonds. The van der Waals surface area contributed by atoms with Gasteiger partial charge >= 0.3 is 0 Å². The van der Waals surface area contributed by atoms with Gasteiger partial charge in [0.2, 0.25) is 0 Å². The first-order chi connectivity index (χ1) is 10.9. The van der Waals surface area contributed by atoms with Crippen LogP contribution in [0.1, 0.15) is 13.3 Å². The number of nitrogens with zero attached hydrogens (tertiary/aromatic N) is 8. The highest BCUT2D eigenvalue weighted by atomic mass is 15.8. The fourth-order valence-electron chi connectivity index (χ4n) is 1.87. The molecular weight excluding hydrogens is 282 g/mol. The Bertz CT molecular complexity index is 648. The molecule has 0 bridgehead atoms. The molecule has 3 aromatic rings. The van der Waals surface area contributed by atoms with E-state index in [-0.39, 0.29) is 0 Å². The average Bonchev–Trinajstić information content (AvgIpc) is 3.28. The van der Waals surface area contributed by atoms with Gasteiger partial charge in [0.1, 0.15) is 19.0 Å². The van der Waals surface area contributed by atoms with Gasteiger partial charge in [0.15, 0.2) is 0 Å². The Morgan fingerprint density at radius 2 is 1.64 bits per heavy atom. The number of nitrogens with one attached hydrogen (secondary N) is 1. The van der Waals surface area contributed by atoms with E-state index < -0.39 is 0 Å². The summed E-state index contributed by atoms with van der Waals surface area (Å²) in [5.74, 6) is 0.621. The molecule has 0 aliphatic carbocycles. The van der Waals surface area contributed by atoms with Gasteiger partial charge in [-0.1, -0.05) is 6.92 Å². The normalized spacial score (nSPS) is 11.6. The van der Waals surface area contributed by atoms with Crippen molar-refractivity contribution in [2.45, 2.75) is 13.3 Å². The molecular formula is C13H17N9. The van der Waals surface area contributed by atoms with Gasteiger partial charge in [-0.3, -0.25) is 5.43 Å². The first-order valence-electron chi connectivity index (χ1n) is 6.94. The Balaban J connectivity index is 1.97. The molecule has 0 saturated carbocycles. The molecule has 114 valence electrons. The summed E-state index contributed by atoms with van der Waals surface area (Å²) in [4.78, 5) is 16.8. The Kier molecular flexibility index (Phi) is 4.14. The summed E-state index contributed by atoms with van der Waals surface area (Å²) in [5, 5.41) is 1.82. The van der Waals surface area contributed by atoms with Gasteiger partial charge in [-0.05, 0) is 6.42 Å². The van der Waals surface area contributed by atoms with Gasteiger partial charge in [0, 0.05) is 43.7 Å². The summed E-state index contributed by atoms with van der Waals surface area (Å²) in [6.07, 6.45) is 16.6. The van der Waals surface area contributed by atoms with Gasteiger partial charge in [0.05, 0.1) is 0 Å². The van der Waals surface area contributed by atoms with E-state index in [9.17, 15) is 0 Å². The maximum absolute atomic E-state index is 4.62. The van der Waals surface area contributed by atoms with E-state index in [1.807, 2.05) is 23.7 Å². The largest absolute Gasteiger partial charge is 0.260 e. The van der Waals surface area contributed by atoms with Crippen LogP contribution in [0.3, 0.4) is 0 Å². The molecule has 0 atom stereocenters. The highest BCUT2D eigenvalue weighted by Gasteiger charge is 2.15. The summed E-state index contributed by atoms with van der Waals surface area (Å²) >= 11 is 0. The summed E-state index contributed by atoms with van der Waals surface area (Å²) in [6, 6.07) is 0. The molecule has 22 heavy (non-hydrogen) atoms. The van der Waals surface area contributed by atoms with Crippen LogP contribution in [0.5, 0.6) is 0 Å². The smallest absolute Gasteiger partial charge is 0.253 e. The van der Waals surface area contributed by atoms with E-state index in [1.165, 1.54) is 0 Å². The third-order valence-electron chi connectivity index (χ3n) is 2.83. The van der Waals surface area contributed by atoms with Gasteiger partial charge in [0.25, 0.3) is 5.96 Å². The first-order valence-corrected chi connectivity index (χ1v) is 6.94. The molecule has 1 N–H and O–H groups in total. The molecule has 0 aliphatic heterocycles. The van der Waals surface area contributed by atoms with E-state index in [2.05, 4.69) is 32.3 Å². The first kappa shape index (κ1) is 13.9. The molecule has 9 nitrogen and oxygen atoms in total. The lowest BCUT2D eigenvalue weighted by atomic mass is 10.5. The number of imidazole rings is 3. The quantitative estimate of drug-likeness (QED) is 0.553. The minimum Gasteiger partial charge on any atom is -0.260 e. The molecule has 0 aliphatic rings. The van der Waals surface area contributed by atoms with Crippen LogP contribution in [-0.4, -0.2) is 41.5 Å². The zero-order valence-corrected chi connectivity index (χ0v) is 12.2. The number of hydrogen-bond acceptors (Lipinski definition) is 4. The molecule has 3 aromatic heterocycles. The maximum Gasteiger partial charge on any atom is 0.253 e. The summed E-state index contributed by atoms with van der Waals surface area (Å²) < 4.78 is 5.34. The zero-order valence-electron chi connectivity index (χ0n) is 12.2. The number of rotatable bonds is 5. The summed E-state index contributed by atoms with van der Waals surface area (Å²) in [7, 11) is 0. The lowest BCUT2D eigenvalue weighted by molar-refractivity contribution is 0.614. The van der Waals surface area contributed by atoms with Crippen molar-refractivity contribution < 1.29 is 0 Å². The Morgan fingerprint density at radius 3 is 2.14 bits per heavy atom. The fourth-order valence-corrected chi connectivity index (χ4v) is 1.87. The van der Waals surface area contributed by atoms with Crippen molar-refractivity contribution in [1.82, 2.24) is 29.0 Å². The molecule has 0 fully saturated rings. The van der Waals surface area contributed by atoms with Crippen LogP contribution in [-0.2, 0) is 0 Å². The average molecular weight is 299 g/mol. The topological polar surface area (TPSA) is 81.1 Å². The molecule has 0 spiro atoms. The second-order valence-electron chi connectivity index (χ2n) is 4.46.